The zero-order valence-electron chi connectivity index (χ0n) is 18.3. The van der Waals surface area contributed by atoms with E-state index in [0.717, 1.165) is 35.0 Å². The Morgan fingerprint density at radius 3 is 2.44 bits per heavy atom. The van der Waals surface area contributed by atoms with Crippen LogP contribution in [-0.2, 0) is 13.2 Å². The van der Waals surface area contributed by atoms with Gasteiger partial charge in [0.1, 0.15) is 6.61 Å². The molecule has 0 fully saturated rings. The second kappa shape index (κ2) is 12.5. The van der Waals surface area contributed by atoms with E-state index in [-0.39, 0.29) is 0 Å². The molecule has 0 aliphatic rings. The smallest absolute Gasteiger partial charge is 0.175 e. The fourth-order valence-corrected chi connectivity index (χ4v) is 4.58. The third-order valence-corrected chi connectivity index (χ3v) is 6.26. The lowest BCUT2D eigenvalue weighted by molar-refractivity contribution is 0.267. The van der Waals surface area contributed by atoms with Gasteiger partial charge in [0.05, 0.1) is 11.1 Å². The predicted molar refractivity (Wildman–Crippen MR) is 137 cm³/mol. The maximum atomic E-state index is 6.29. The highest BCUT2D eigenvalue weighted by atomic mass is 79.9. The van der Waals surface area contributed by atoms with Crippen molar-refractivity contribution in [2.45, 2.75) is 45.9 Å². The van der Waals surface area contributed by atoms with Gasteiger partial charge in [-0.2, -0.15) is 0 Å². The Hall–Kier alpha value is -1.72. The van der Waals surface area contributed by atoms with E-state index in [0.29, 0.717) is 40.8 Å². The molecule has 0 heterocycles. The van der Waals surface area contributed by atoms with Crippen molar-refractivity contribution in [3.8, 4) is 11.5 Å². The van der Waals surface area contributed by atoms with Crippen molar-refractivity contribution >= 4 is 39.1 Å². The molecule has 0 amide bonds. The number of halogens is 3. The summed E-state index contributed by atoms with van der Waals surface area (Å²) >= 11 is 16.0. The Balaban J connectivity index is 1.75. The van der Waals surface area contributed by atoms with Gasteiger partial charge in [0, 0.05) is 28.2 Å². The molecular weight excluding hydrogens is 509 g/mol. The fraction of sp³-hybridized carbons (Fsp3) is 0.308. The Morgan fingerprint density at radius 1 is 0.969 bits per heavy atom. The van der Waals surface area contributed by atoms with Gasteiger partial charge in [-0.25, -0.2) is 0 Å². The first-order chi connectivity index (χ1) is 15.5. The normalized spacial score (nSPS) is 11.9. The second-order valence-electron chi connectivity index (χ2n) is 7.50. The van der Waals surface area contributed by atoms with E-state index in [1.54, 1.807) is 12.1 Å². The lowest BCUT2D eigenvalue weighted by Gasteiger charge is -2.20. The summed E-state index contributed by atoms with van der Waals surface area (Å²) in [5, 5.41) is 4.87. The van der Waals surface area contributed by atoms with Gasteiger partial charge in [-0.1, -0.05) is 72.9 Å². The predicted octanol–water partition coefficient (Wildman–Crippen LogP) is 8.36. The molecule has 3 rings (SSSR count). The van der Waals surface area contributed by atoms with Crippen LogP contribution in [0, 0.1) is 0 Å². The summed E-state index contributed by atoms with van der Waals surface area (Å²) in [6.45, 7) is 5.76. The lowest BCUT2D eigenvalue weighted by Crippen LogP contribution is -2.21. The number of nitrogens with one attached hydrogen (secondary N) is 1. The number of ether oxygens (including phenoxy) is 2. The summed E-state index contributed by atoms with van der Waals surface area (Å²) in [5.41, 5.74) is 3.29. The standard InChI is InChI=1S/C26H28BrCl2NO2/c1-3-8-24(19-9-6-5-7-10-19)30-16-18-13-22(27)26(25(14-18)31-4-2)32-17-20-11-12-21(28)15-23(20)29/h5-7,9-15,24,30H,3-4,8,16-17H2,1-2H3. The van der Waals surface area contributed by atoms with E-state index in [1.807, 2.05) is 25.1 Å². The van der Waals surface area contributed by atoms with Crippen LogP contribution in [-0.4, -0.2) is 6.61 Å². The highest BCUT2D eigenvalue weighted by Crippen LogP contribution is 2.38. The second-order valence-corrected chi connectivity index (χ2v) is 9.19. The molecule has 1 unspecified atom stereocenters. The van der Waals surface area contributed by atoms with Crippen LogP contribution in [0.15, 0.2) is 65.1 Å². The Morgan fingerprint density at radius 2 is 1.75 bits per heavy atom. The maximum Gasteiger partial charge on any atom is 0.175 e. The molecule has 6 heteroatoms. The van der Waals surface area contributed by atoms with Crippen LogP contribution in [0.4, 0.5) is 0 Å². The van der Waals surface area contributed by atoms with Gasteiger partial charge in [0.15, 0.2) is 11.5 Å². The molecule has 3 aromatic rings. The monoisotopic (exact) mass is 535 g/mol. The van der Waals surface area contributed by atoms with Gasteiger partial charge < -0.3 is 14.8 Å². The quantitative estimate of drug-likeness (QED) is 0.267. The molecule has 0 spiro atoms. The molecular formula is C26H28BrCl2NO2. The van der Waals surface area contributed by atoms with Gasteiger partial charge in [-0.15, -0.1) is 0 Å². The van der Waals surface area contributed by atoms with Gasteiger partial charge in [0.25, 0.3) is 0 Å². The molecule has 0 saturated heterocycles. The molecule has 1 N–H and O–H groups in total. The molecule has 3 nitrogen and oxygen atoms in total. The molecule has 0 aromatic heterocycles. The largest absolute Gasteiger partial charge is 0.490 e. The topological polar surface area (TPSA) is 30.5 Å². The van der Waals surface area contributed by atoms with E-state index in [1.165, 1.54) is 5.56 Å². The van der Waals surface area contributed by atoms with Crippen LogP contribution in [0.25, 0.3) is 0 Å². The highest BCUT2D eigenvalue weighted by Gasteiger charge is 2.15. The molecule has 0 aliphatic heterocycles. The van der Waals surface area contributed by atoms with Crippen molar-refractivity contribution in [3.63, 3.8) is 0 Å². The van der Waals surface area contributed by atoms with Crippen LogP contribution < -0.4 is 14.8 Å². The van der Waals surface area contributed by atoms with Crippen LogP contribution in [0.3, 0.4) is 0 Å². The van der Waals surface area contributed by atoms with E-state index in [4.69, 9.17) is 32.7 Å². The third kappa shape index (κ3) is 6.89. The van der Waals surface area contributed by atoms with E-state index in [9.17, 15) is 0 Å². The Kier molecular flexibility index (Phi) is 9.73. The minimum Gasteiger partial charge on any atom is -0.490 e. The molecule has 3 aromatic carbocycles. The zero-order valence-corrected chi connectivity index (χ0v) is 21.4. The Labute approximate surface area is 209 Å². The summed E-state index contributed by atoms with van der Waals surface area (Å²) in [6, 6.07) is 20.4. The fourth-order valence-electron chi connectivity index (χ4n) is 3.52. The third-order valence-electron chi connectivity index (χ3n) is 5.09. The first-order valence-electron chi connectivity index (χ1n) is 10.8. The highest BCUT2D eigenvalue weighted by molar-refractivity contribution is 9.10. The van der Waals surface area contributed by atoms with Crippen molar-refractivity contribution in [2.24, 2.45) is 0 Å². The molecule has 0 saturated carbocycles. The lowest BCUT2D eigenvalue weighted by atomic mass is 10.0. The molecule has 0 bridgehead atoms. The van der Waals surface area contributed by atoms with Crippen LogP contribution in [0.1, 0.15) is 49.4 Å². The van der Waals surface area contributed by atoms with Crippen molar-refractivity contribution in [1.82, 2.24) is 5.32 Å². The molecule has 0 radical (unpaired) electrons. The van der Waals surface area contributed by atoms with Crippen LogP contribution >= 0.6 is 39.1 Å². The minimum atomic E-state index is 0.304. The maximum absolute atomic E-state index is 6.29. The number of hydrogen-bond acceptors (Lipinski definition) is 3. The molecule has 0 aliphatic carbocycles. The number of hydrogen-bond donors (Lipinski definition) is 1. The molecule has 1 atom stereocenters. The first kappa shape index (κ1) is 24.9. The van der Waals surface area contributed by atoms with Gasteiger partial charge >= 0.3 is 0 Å². The van der Waals surface area contributed by atoms with Crippen LogP contribution in [0.5, 0.6) is 11.5 Å². The zero-order chi connectivity index (χ0) is 22.9. The van der Waals surface area contributed by atoms with Crippen LogP contribution in [0.2, 0.25) is 10.0 Å². The Bertz CT molecular complexity index is 1010. The van der Waals surface area contributed by atoms with Gasteiger partial charge in [-0.05, 0) is 64.7 Å². The molecule has 170 valence electrons. The van der Waals surface area contributed by atoms with Gasteiger partial charge in [0.2, 0.25) is 0 Å². The van der Waals surface area contributed by atoms with Crippen molar-refractivity contribution in [1.29, 1.82) is 0 Å². The van der Waals surface area contributed by atoms with E-state index in [2.05, 4.69) is 58.5 Å². The summed E-state index contributed by atoms with van der Waals surface area (Å²) in [5.74, 6) is 1.37. The van der Waals surface area contributed by atoms with Crippen molar-refractivity contribution in [3.05, 3.63) is 91.9 Å². The summed E-state index contributed by atoms with van der Waals surface area (Å²) in [6.07, 6.45) is 2.19. The van der Waals surface area contributed by atoms with E-state index < -0.39 is 0 Å². The van der Waals surface area contributed by atoms with E-state index >= 15 is 0 Å². The number of rotatable bonds is 11. The average Bonchev–Trinajstić information content (AvgIpc) is 2.78. The minimum absolute atomic E-state index is 0.304. The van der Waals surface area contributed by atoms with Crippen molar-refractivity contribution in [2.75, 3.05) is 6.61 Å². The van der Waals surface area contributed by atoms with Gasteiger partial charge in [-0.3, -0.25) is 0 Å². The number of benzene rings is 3. The average molecular weight is 537 g/mol. The summed E-state index contributed by atoms with van der Waals surface area (Å²) < 4.78 is 12.8. The summed E-state index contributed by atoms with van der Waals surface area (Å²) in [4.78, 5) is 0. The SMILES string of the molecule is CCCC(NCc1cc(Br)c(OCc2ccc(Cl)cc2Cl)c(OCC)c1)c1ccccc1. The van der Waals surface area contributed by atoms with Crippen molar-refractivity contribution < 1.29 is 9.47 Å². The first-order valence-corrected chi connectivity index (χ1v) is 12.4. The molecule has 32 heavy (non-hydrogen) atoms. The summed E-state index contributed by atoms with van der Waals surface area (Å²) in [7, 11) is 0.